The van der Waals surface area contributed by atoms with Gasteiger partial charge in [0.1, 0.15) is 5.75 Å². The van der Waals surface area contributed by atoms with Crippen molar-refractivity contribution in [3.8, 4) is 17.2 Å². The minimum Gasteiger partial charge on any atom is -0.497 e. The summed E-state index contributed by atoms with van der Waals surface area (Å²) in [7, 11) is -2.36. The summed E-state index contributed by atoms with van der Waals surface area (Å²) in [5.41, 5.74) is 1.14. The van der Waals surface area contributed by atoms with E-state index >= 15 is 0 Å². The van der Waals surface area contributed by atoms with Gasteiger partial charge < -0.3 is 33.7 Å². The van der Waals surface area contributed by atoms with Crippen LogP contribution < -0.4 is 14.2 Å². The second-order valence-electron chi connectivity index (χ2n) is 12.8. The SMILES string of the molecule is COc1ccc(S(=O)(=O)N(CCO)CCO[C@H]2C[C@@H](C3CCCCC3)C=C(C(=O)N3CCN(Cc4ccc5c(c4)OCO5)CC3)O2)cc1. The van der Waals surface area contributed by atoms with Gasteiger partial charge in [-0.1, -0.05) is 25.3 Å². The number of amides is 1. The van der Waals surface area contributed by atoms with Crippen LogP contribution in [0.15, 0.2) is 59.2 Å². The van der Waals surface area contributed by atoms with Gasteiger partial charge in [0.2, 0.25) is 23.1 Å². The van der Waals surface area contributed by atoms with Crippen LogP contribution in [0.1, 0.15) is 44.1 Å². The summed E-state index contributed by atoms with van der Waals surface area (Å²) >= 11 is 0. The smallest absolute Gasteiger partial charge is 0.288 e. The zero-order valence-electron chi connectivity index (χ0n) is 27.6. The Morgan fingerprint density at radius 2 is 1.73 bits per heavy atom. The molecule has 2 aromatic rings. The molecule has 1 N–H and O–H groups in total. The molecule has 1 amide bonds. The second-order valence-corrected chi connectivity index (χ2v) is 14.7. The number of benzene rings is 2. The number of methoxy groups -OCH3 is 1. The number of piperazine rings is 1. The van der Waals surface area contributed by atoms with Gasteiger partial charge in [0, 0.05) is 52.2 Å². The van der Waals surface area contributed by atoms with Crippen molar-refractivity contribution < 1.29 is 42.0 Å². The fourth-order valence-electron chi connectivity index (χ4n) is 7.04. The summed E-state index contributed by atoms with van der Waals surface area (Å²) in [5.74, 6) is 2.88. The molecule has 12 nitrogen and oxygen atoms in total. The summed E-state index contributed by atoms with van der Waals surface area (Å²) in [6, 6.07) is 12.2. The second kappa shape index (κ2) is 15.9. The number of aliphatic hydroxyl groups excluding tert-OH is 1. The van der Waals surface area contributed by atoms with Crippen molar-refractivity contribution in [1.82, 2.24) is 14.1 Å². The topological polar surface area (TPSA) is 127 Å². The van der Waals surface area contributed by atoms with Gasteiger partial charge in [0.25, 0.3) is 5.91 Å². The van der Waals surface area contributed by atoms with E-state index in [4.69, 9.17) is 23.7 Å². The van der Waals surface area contributed by atoms with E-state index in [2.05, 4.69) is 11.0 Å². The highest BCUT2D eigenvalue weighted by molar-refractivity contribution is 7.89. The van der Waals surface area contributed by atoms with E-state index in [-0.39, 0.29) is 49.8 Å². The number of hydrogen-bond donors (Lipinski definition) is 1. The predicted octanol–water partition coefficient (Wildman–Crippen LogP) is 3.59. The van der Waals surface area contributed by atoms with Crippen LogP contribution in [0.5, 0.6) is 17.2 Å². The first-order chi connectivity index (χ1) is 23.3. The Hall–Kier alpha value is -3.36. The van der Waals surface area contributed by atoms with Crippen molar-refractivity contribution in [2.24, 2.45) is 11.8 Å². The monoisotopic (exact) mass is 685 g/mol. The number of aliphatic hydroxyl groups is 1. The van der Waals surface area contributed by atoms with Gasteiger partial charge >= 0.3 is 0 Å². The highest BCUT2D eigenvalue weighted by Crippen LogP contribution is 2.38. The van der Waals surface area contributed by atoms with Crippen LogP contribution in [0.3, 0.4) is 0 Å². The first-order valence-electron chi connectivity index (χ1n) is 17.0. The molecule has 2 atom stereocenters. The van der Waals surface area contributed by atoms with E-state index in [1.165, 1.54) is 42.8 Å². The third-order valence-corrected chi connectivity index (χ3v) is 11.7. The average molecular weight is 686 g/mol. The summed E-state index contributed by atoms with van der Waals surface area (Å²) in [6.45, 7) is 3.34. The number of ether oxygens (including phenoxy) is 5. The summed E-state index contributed by atoms with van der Waals surface area (Å²) < 4.78 is 56.4. The number of sulfonamides is 1. The average Bonchev–Trinajstić information content (AvgIpc) is 3.60. The number of hydrogen-bond acceptors (Lipinski definition) is 10. The number of nitrogens with zero attached hydrogens (tertiary/aromatic N) is 3. The Morgan fingerprint density at radius 3 is 2.46 bits per heavy atom. The van der Waals surface area contributed by atoms with Gasteiger partial charge in [-0.2, -0.15) is 4.31 Å². The van der Waals surface area contributed by atoms with Crippen molar-refractivity contribution in [3.63, 3.8) is 0 Å². The first-order valence-corrected chi connectivity index (χ1v) is 18.4. The van der Waals surface area contributed by atoms with Crippen LogP contribution in [0.2, 0.25) is 0 Å². The Morgan fingerprint density at radius 1 is 0.979 bits per heavy atom. The lowest BCUT2D eigenvalue weighted by Gasteiger charge is -2.38. The molecule has 3 heterocycles. The van der Waals surface area contributed by atoms with Crippen molar-refractivity contribution in [1.29, 1.82) is 0 Å². The van der Waals surface area contributed by atoms with Crippen molar-refractivity contribution in [3.05, 3.63) is 59.9 Å². The molecule has 2 fully saturated rings. The van der Waals surface area contributed by atoms with Gasteiger partial charge in [-0.05, 0) is 72.7 Å². The lowest BCUT2D eigenvalue weighted by Crippen LogP contribution is -2.49. The molecule has 48 heavy (non-hydrogen) atoms. The molecule has 0 radical (unpaired) electrons. The van der Waals surface area contributed by atoms with Crippen LogP contribution in [0, 0.1) is 11.8 Å². The molecule has 0 bridgehead atoms. The first kappa shape index (κ1) is 34.5. The minimum absolute atomic E-state index is 0.0290. The summed E-state index contributed by atoms with van der Waals surface area (Å²) in [6.07, 6.45) is 7.75. The maximum atomic E-state index is 13.8. The third kappa shape index (κ3) is 8.25. The van der Waals surface area contributed by atoms with Crippen LogP contribution in [-0.2, 0) is 30.8 Å². The molecule has 0 aromatic heterocycles. The summed E-state index contributed by atoms with van der Waals surface area (Å²) in [5, 5.41) is 9.65. The predicted molar refractivity (Wildman–Crippen MR) is 177 cm³/mol. The number of fused-ring (bicyclic) bond motifs is 1. The molecule has 13 heteroatoms. The maximum Gasteiger partial charge on any atom is 0.288 e. The Balaban J connectivity index is 1.07. The molecular weight excluding hydrogens is 638 g/mol. The van der Waals surface area contributed by atoms with Crippen LogP contribution in [0.25, 0.3) is 0 Å². The number of carbonyl (C=O) groups excluding carboxylic acids is 1. The van der Waals surface area contributed by atoms with Crippen molar-refractivity contribution >= 4 is 15.9 Å². The fraction of sp³-hybridized carbons (Fsp3) is 0.571. The zero-order chi connectivity index (χ0) is 33.5. The Bertz CT molecular complexity index is 1520. The van der Waals surface area contributed by atoms with Crippen molar-refractivity contribution in [2.45, 2.75) is 56.3 Å². The molecule has 1 saturated carbocycles. The molecule has 3 aliphatic heterocycles. The molecule has 2 aromatic carbocycles. The number of rotatable bonds is 13. The van der Waals surface area contributed by atoms with Crippen molar-refractivity contribution in [2.75, 3.05) is 66.4 Å². The number of allylic oxidation sites excluding steroid dienone is 1. The zero-order valence-corrected chi connectivity index (χ0v) is 28.4. The van der Waals surface area contributed by atoms with Crippen LogP contribution >= 0.6 is 0 Å². The van der Waals surface area contributed by atoms with Gasteiger partial charge in [0.15, 0.2) is 17.3 Å². The van der Waals surface area contributed by atoms with E-state index in [9.17, 15) is 18.3 Å². The van der Waals surface area contributed by atoms with E-state index in [1.54, 1.807) is 12.1 Å². The largest absolute Gasteiger partial charge is 0.497 e. The van der Waals surface area contributed by atoms with Gasteiger partial charge in [-0.3, -0.25) is 9.69 Å². The van der Waals surface area contributed by atoms with Crippen LogP contribution in [-0.4, -0.2) is 106 Å². The standard InChI is InChI=1S/C35H47N3O9S/c1-43-29-8-10-30(11-9-29)48(41,42)38(17-19-39)18-20-44-34-23-28(27-5-3-2-4-6-27)22-33(47-34)35(40)37-15-13-36(14-16-37)24-26-7-12-31-32(21-26)46-25-45-31/h7-12,21-22,27-28,34,39H,2-6,13-20,23-25H2,1H3/t28-,34+/m0/s1. The lowest BCUT2D eigenvalue weighted by molar-refractivity contribution is -0.158. The van der Waals surface area contributed by atoms with Gasteiger partial charge in [-0.25, -0.2) is 8.42 Å². The number of carbonyl (C=O) groups is 1. The Labute approximate surface area is 283 Å². The quantitative estimate of drug-likeness (QED) is 0.334. The molecule has 0 unspecified atom stereocenters. The molecule has 262 valence electrons. The molecule has 0 spiro atoms. The highest BCUT2D eigenvalue weighted by atomic mass is 32.2. The Kier molecular flexibility index (Phi) is 11.4. The normalized spacial score (nSPS) is 22.0. The molecule has 6 rings (SSSR count). The van der Waals surface area contributed by atoms with E-state index in [0.29, 0.717) is 36.9 Å². The molecule has 4 aliphatic rings. The van der Waals surface area contributed by atoms with E-state index in [0.717, 1.165) is 49.5 Å². The van der Waals surface area contributed by atoms with Gasteiger partial charge in [-0.15, -0.1) is 0 Å². The fourth-order valence-corrected chi connectivity index (χ4v) is 8.45. The molecule has 1 saturated heterocycles. The van der Waals surface area contributed by atoms with Crippen LogP contribution in [0.4, 0.5) is 0 Å². The van der Waals surface area contributed by atoms with E-state index in [1.807, 2.05) is 23.1 Å². The van der Waals surface area contributed by atoms with Gasteiger partial charge in [0.05, 0.1) is 25.2 Å². The molecular formula is C35H47N3O9S. The third-order valence-electron chi connectivity index (χ3n) is 9.75. The van der Waals surface area contributed by atoms with E-state index < -0.39 is 16.3 Å². The minimum atomic E-state index is -3.88. The lowest BCUT2D eigenvalue weighted by atomic mass is 9.77. The maximum absolute atomic E-state index is 13.8. The molecule has 1 aliphatic carbocycles. The summed E-state index contributed by atoms with van der Waals surface area (Å²) in [4.78, 5) is 18.1. The highest BCUT2D eigenvalue weighted by Gasteiger charge is 2.35.